The highest BCUT2D eigenvalue weighted by Crippen LogP contribution is 2.44. The van der Waals surface area contributed by atoms with E-state index in [1.165, 1.54) is 6.26 Å². The van der Waals surface area contributed by atoms with Gasteiger partial charge >= 0.3 is 0 Å². The van der Waals surface area contributed by atoms with Gasteiger partial charge in [-0.3, -0.25) is 4.79 Å². The van der Waals surface area contributed by atoms with Gasteiger partial charge in [0, 0.05) is 29.2 Å². The largest absolute Gasteiger partial charge is 0.496 e. The summed E-state index contributed by atoms with van der Waals surface area (Å²) >= 11 is 0. The maximum atomic E-state index is 13.6. The van der Waals surface area contributed by atoms with Crippen LogP contribution in [-0.2, 0) is 9.84 Å². The molecule has 1 fully saturated rings. The number of aromatic amines is 1. The third-order valence-electron chi connectivity index (χ3n) is 6.37. The molecule has 0 bridgehead atoms. The molecule has 2 aromatic rings. The van der Waals surface area contributed by atoms with Crippen molar-refractivity contribution >= 4 is 26.6 Å². The van der Waals surface area contributed by atoms with Gasteiger partial charge in [0.05, 0.1) is 12.4 Å². The van der Waals surface area contributed by atoms with Crippen LogP contribution in [0.4, 0.5) is 0 Å². The van der Waals surface area contributed by atoms with Gasteiger partial charge in [0.1, 0.15) is 11.4 Å². The van der Waals surface area contributed by atoms with Crippen LogP contribution in [-0.4, -0.2) is 54.9 Å². The van der Waals surface area contributed by atoms with Crippen LogP contribution in [0.3, 0.4) is 0 Å². The van der Waals surface area contributed by atoms with E-state index in [-0.39, 0.29) is 24.3 Å². The molecular formula is C21H30N2O4S. The second kappa shape index (κ2) is 7.10. The fourth-order valence-electron chi connectivity index (χ4n) is 4.80. The number of rotatable bonds is 5. The summed E-state index contributed by atoms with van der Waals surface area (Å²) in [5, 5.41) is 0.298. The highest BCUT2D eigenvalue weighted by atomic mass is 32.2. The lowest BCUT2D eigenvalue weighted by molar-refractivity contribution is 0.0292. The Kier molecular flexibility index (Phi) is 5.25. The molecule has 1 aromatic heterocycles. The summed E-state index contributed by atoms with van der Waals surface area (Å²) in [5.74, 6) is 0.790. The number of H-pyrrole nitrogens is 1. The average molecular weight is 407 g/mol. The van der Waals surface area contributed by atoms with Gasteiger partial charge in [0.25, 0.3) is 5.91 Å². The normalized spacial score (nSPS) is 19.7. The van der Waals surface area contributed by atoms with Gasteiger partial charge < -0.3 is 14.6 Å². The first-order chi connectivity index (χ1) is 13.0. The number of nitrogens with one attached hydrogen (secondary N) is 1. The number of fused-ring (bicyclic) bond motifs is 1. The predicted octanol–water partition coefficient (Wildman–Crippen LogP) is 3.49. The first-order valence-corrected chi connectivity index (χ1v) is 11.6. The summed E-state index contributed by atoms with van der Waals surface area (Å²) in [5.41, 5.74) is 0.771. The highest BCUT2D eigenvalue weighted by Gasteiger charge is 2.54. The molecule has 1 aliphatic rings. The van der Waals surface area contributed by atoms with E-state index in [4.69, 9.17) is 4.74 Å². The lowest BCUT2D eigenvalue weighted by Crippen LogP contribution is -2.54. The van der Waals surface area contributed by atoms with Gasteiger partial charge in [-0.2, -0.15) is 0 Å². The molecule has 1 saturated heterocycles. The number of hydrogen-bond donors (Lipinski definition) is 1. The first kappa shape index (κ1) is 20.7. The highest BCUT2D eigenvalue weighted by molar-refractivity contribution is 7.91. The molecule has 0 radical (unpaired) electrons. The molecule has 28 heavy (non-hydrogen) atoms. The second-order valence-electron chi connectivity index (χ2n) is 8.48. The van der Waals surface area contributed by atoms with Crippen molar-refractivity contribution in [3.8, 4) is 5.75 Å². The van der Waals surface area contributed by atoms with E-state index in [1.54, 1.807) is 18.1 Å². The minimum atomic E-state index is -3.25. The predicted molar refractivity (Wildman–Crippen MR) is 112 cm³/mol. The van der Waals surface area contributed by atoms with Crippen LogP contribution in [0, 0.1) is 11.8 Å². The van der Waals surface area contributed by atoms with E-state index in [0.717, 1.165) is 10.9 Å². The Hall–Kier alpha value is -2.02. The summed E-state index contributed by atoms with van der Waals surface area (Å²) in [6.07, 6.45) is 1.74. The summed E-state index contributed by atoms with van der Waals surface area (Å²) < 4.78 is 30.1. The van der Waals surface area contributed by atoms with Crippen molar-refractivity contribution in [1.29, 1.82) is 0 Å². The number of benzene rings is 1. The van der Waals surface area contributed by atoms with E-state index in [1.807, 2.05) is 18.2 Å². The minimum Gasteiger partial charge on any atom is -0.496 e. The minimum absolute atomic E-state index is 0.127. The molecular weight excluding hydrogens is 376 g/mol. The SMILES string of the molecule is COc1cccc2[nH]c(C(=O)N3CC(S(C)(=O)=O)CC3(C(C)C)C(C)C)cc12. The zero-order valence-electron chi connectivity index (χ0n) is 17.4. The third kappa shape index (κ3) is 3.19. The van der Waals surface area contributed by atoms with Crippen molar-refractivity contribution in [2.24, 2.45) is 11.8 Å². The van der Waals surface area contributed by atoms with Crippen molar-refractivity contribution < 1.29 is 17.9 Å². The molecule has 154 valence electrons. The van der Waals surface area contributed by atoms with Crippen molar-refractivity contribution in [1.82, 2.24) is 9.88 Å². The van der Waals surface area contributed by atoms with Gasteiger partial charge in [-0.15, -0.1) is 0 Å². The van der Waals surface area contributed by atoms with Gasteiger partial charge in [-0.25, -0.2) is 8.42 Å². The van der Waals surface area contributed by atoms with Crippen molar-refractivity contribution in [3.63, 3.8) is 0 Å². The van der Waals surface area contributed by atoms with E-state index >= 15 is 0 Å². The van der Waals surface area contributed by atoms with Crippen LogP contribution in [0.2, 0.25) is 0 Å². The van der Waals surface area contributed by atoms with Crippen LogP contribution in [0.5, 0.6) is 5.75 Å². The maximum Gasteiger partial charge on any atom is 0.270 e. The van der Waals surface area contributed by atoms with Crippen LogP contribution in [0.15, 0.2) is 24.3 Å². The molecule has 2 heterocycles. The number of carbonyl (C=O) groups excluding carboxylic acids is 1. The Labute approximate surface area is 167 Å². The number of nitrogens with zero attached hydrogens (tertiary/aromatic N) is 1. The first-order valence-electron chi connectivity index (χ1n) is 9.69. The van der Waals surface area contributed by atoms with Gasteiger partial charge in [0.2, 0.25) is 0 Å². The molecule has 1 atom stereocenters. The molecule has 1 aromatic carbocycles. The molecule has 0 aliphatic carbocycles. The number of sulfone groups is 1. The molecule has 1 N–H and O–H groups in total. The number of ether oxygens (including phenoxy) is 1. The summed E-state index contributed by atoms with van der Waals surface area (Å²) in [6.45, 7) is 8.50. The van der Waals surface area contributed by atoms with Gasteiger partial charge in [-0.05, 0) is 36.5 Å². The van der Waals surface area contributed by atoms with Crippen molar-refractivity contribution in [2.45, 2.75) is 44.9 Å². The number of methoxy groups -OCH3 is 1. The van der Waals surface area contributed by atoms with Gasteiger partial charge in [0.15, 0.2) is 9.84 Å². The summed E-state index contributed by atoms with van der Waals surface area (Å²) in [6, 6.07) is 7.42. The topological polar surface area (TPSA) is 79.5 Å². The number of aromatic nitrogens is 1. The number of carbonyl (C=O) groups is 1. The number of likely N-dealkylation sites (tertiary alicyclic amines) is 1. The van der Waals surface area contributed by atoms with Crippen LogP contribution in [0.25, 0.3) is 10.9 Å². The van der Waals surface area contributed by atoms with E-state index in [0.29, 0.717) is 17.9 Å². The fourth-order valence-corrected chi connectivity index (χ4v) is 5.79. The Bertz CT molecular complexity index is 983. The van der Waals surface area contributed by atoms with Crippen molar-refractivity contribution in [3.05, 3.63) is 30.0 Å². The zero-order valence-corrected chi connectivity index (χ0v) is 18.3. The van der Waals surface area contributed by atoms with E-state index in [2.05, 4.69) is 32.7 Å². The lowest BCUT2D eigenvalue weighted by Gasteiger charge is -2.45. The number of hydrogen-bond acceptors (Lipinski definition) is 4. The monoisotopic (exact) mass is 406 g/mol. The van der Waals surface area contributed by atoms with E-state index in [9.17, 15) is 13.2 Å². The molecule has 1 unspecified atom stereocenters. The smallest absolute Gasteiger partial charge is 0.270 e. The van der Waals surface area contributed by atoms with E-state index < -0.39 is 20.6 Å². The molecule has 6 nitrogen and oxygen atoms in total. The Morgan fingerprint density at radius 2 is 1.89 bits per heavy atom. The quantitative estimate of drug-likeness (QED) is 0.824. The Morgan fingerprint density at radius 3 is 2.43 bits per heavy atom. The molecule has 3 rings (SSSR count). The summed E-state index contributed by atoms with van der Waals surface area (Å²) in [4.78, 5) is 18.6. The molecule has 0 saturated carbocycles. The average Bonchev–Trinajstić information content (AvgIpc) is 3.22. The second-order valence-corrected chi connectivity index (χ2v) is 10.8. The Morgan fingerprint density at radius 1 is 1.25 bits per heavy atom. The standard InChI is InChI=1S/C21H30N2O4S/c1-13(2)21(14(3)4)11-15(28(6,25)26)12-23(21)20(24)18-10-16-17(22-18)8-7-9-19(16)27-5/h7-10,13-15,22H,11-12H2,1-6H3. The van der Waals surface area contributed by atoms with Crippen LogP contribution in [0.1, 0.15) is 44.6 Å². The lowest BCUT2D eigenvalue weighted by atomic mass is 9.74. The molecule has 1 amide bonds. The number of amides is 1. The van der Waals surface area contributed by atoms with Crippen LogP contribution >= 0.6 is 0 Å². The Balaban J connectivity index is 2.09. The maximum absolute atomic E-state index is 13.6. The van der Waals surface area contributed by atoms with Gasteiger partial charge in [-0.1, -0.05) is 33.8 Å². The van der Waals surface area contributed by atoms with Crippen LogP contribution < -0.4 is 4.74 Å². The van der Waals surface area contributed by atoms with Crippen molar-refractivity contribution in [2.75, 3.05) is 19.9 Å². The molecule has 1 aliphatic heterocycles. The molecule has 7 heteroatoms. The molecule has 0 spiro atoms. The summed E-state index contributed by atoms with van der Waals surface area (Å²) in [7, 11) is -1.65. The fraction of sp³-hybridized carbons (Fsp3) is 0.571. The third-order valence-corrected chi connectivity index (χ3v) is 7.89. The zero-order chi connectivity index (χ0) is 20.9.